The van der Waals surface area contributed by atoms with E-state index in [-0.39, 0.29) is 18.4 Å². The van der Waals surface area contributed by atoms with Gasteiger partial charge in [-0.15, -0.1) is 0 Å². The molecule has 0 bridgehead atoms. The number of amides is 1. The zero-order valence-electron chi connectivity index (χ0n) is 18.7. The number of methoxy groups -OCH3 is 3. The summed E-state index contributed by atoms with van der Waals surface area (Å²) in [6.45, 7) is 6.78. The van der Waals surface area contributed by atoms with Gasteiger partial charge in [-0.25, -0.2) is 0 Å². The number of carbonyl (C=O) groups is 1. The average Bonchev–Trinajstić information content (AvgIpc) is 2.78. The molecule has 164 valence electrons. The van der Waals surface area contributed by atoms with Gasteiger partial charge in [-0.3, -0.25) is 9.69 Å². The fourth-order valence-corrected chi connectivity index (χ4v) is 3.67. The molecular weight excluding hydrogens is 380 g/mol. The average molecular weight is 415 g/mol. The SMILES string of the molecule is CCN(CC)C(CNC(=O)Cc1cc(OC)c(OC)c(OC)c1)Cc1ccccc1. The molecule has 0 aromatic heterocycles. The first kappa shape index (κ1) is 23.5. The lowest BCUT2D eigenvalue weighted by Gasteiger charge is -2.30. The molecule has 0 radical (unpaired) electrons. The van der Waals surface area contributed by atoms with Gasteiger partial charge in [0.2, 0.25) is 11.7 Å². The van der Waals surface area contributed by atoms with Crippen LogP contribution >= 0.6 is 0 Å². The molecule has 0 spiro atoms. The molecule has 0 aliphatic heterocycles. The van der Waals surface area contributed by atoms with Crippen molar-refractivity contribution in [3.63, 3.8) is 0 Å². The van der Waals surface area contributed by atoms with Crippen molar-refractivity contribution in [1.82, 2.24) is 10.2 Å². The van der Waals surface area contributed by atoms with E-state index in [4.69, 9.17) is 14.2 Å². The third-order valence-electron chi connectivity index (χ3n) is 5.27. The van der Waals surface area contributed by atoms with Crippen molar-refractivity contribution in [3.8, 4) is 17.2 Å². The van der Waals surface area contributed by atoms with Crippen molar-refractivity contribution in [1.29, 1.82) is 0 Å². The number of hydrogen-bond donors (Lipinski definition) is 1. The maximum Gasteiger partial charge on any atom is 0.224 e. The van der Waals surface area contributed by atoms with Gasteiger partial charge in [0.15, 0.2) is 11.5 Å². The molecule has 6 nitrogen and oxygen atoms in total. The lowest BCUT2D eigenvalue weighted by molar-refractivity contribution is -0.120. The molecule has 0 heterocycles. The number of nitrogens with zero attached hydrogens (tertiary/aromatic N) is 1. The minimum Gasteiger partial charge on any atom is -0.493 e. The Hall–Kier alpha value is -2.73. The Morgan fingerprint density at radius 1 is 0.933 bits per heavy atom. The Balaban J connectivity index is 2.06. The van der Waals surface area contributed by atoms with Crippen LogP contribution in [-0.2, 0) is 17.6 Å². The Morgan fingerprint density at radius 3 is 2.03 bits per heavy atom. The van der Waals surface area contributed by atoms with Crippen molar-refractivity contribution in [3.05, 3.63) is 53.6 Å². The van der Waals surface area contributed by atoms with Crippen LogP contribution in [0.4, 0.5) is 0 Å². The molecule has 30 heavy (non-hydrogen) atoms. The maximum absolute atomic E-state index is 12.7. The molecule has 1 amide bonds. The second-order valence-corrected chi connectivity index (χ2v) is 7.08. The summed E-state index contributed by atoms with van der Waals surface area (Å²) in [5, 5.41) is 3.11. The number of rotatable bonds is 12. The van der Waals surface area contributed by atoms with E-state index >= 15 is 0 Å². The summed E-state index contributed by atoms with van der Waals surface area (Å²) in [4.78, 5) is 15.1. The summed E-state index contributed by atoms with van der Waals surface area (Å²) in [6, 6.07) is 14.3. The molecule has 0 saturated heterocycles. The number of nitrogens with one attached hydrogen (secondary N) is 1. The smallest absolute Gasteiger partial charge is 0.224 e. The van der Waals surface area contributed by atoms with Crippen molar-refractivity contribution in [2.24, 2.45) is 0 Å². The Kier molecular flexibility index (Phi) is 9.48. The topological polar surface area (TPSA) is 60.0 Å². The van der Waals surface area contributed by atoms with Gasteiger partial charge in [0.25, 0.3) is 0 Å². The van der Waals surface area contributed by atoms with Crippen LogP contribution in [0.1, 0.15) is 25.0 Å². The van der Waals surface area contributed by atoms with Gasteiger partial charge in [-0.2, -0.15) is 0 Å². The second-order valence-electron chi connectivity index (χ2n) is 7.08. The lowest BCUT2D eigenvalue weighted by atomic mass is 10.0. The van der Waals surface area contributed by atoms with Gasteiger partial charge in [0.1, 0.15) is 0 Å². The predicted molar refractivity (Wildman–Crippen MR) is 120 cm³/mol. The molecule has 2 aromatic rings. The first-order chi connectivity index (χ1) is 14.6. The highest BCUT2D eigenvalue weighted by Crippen LogP contribution is 2.38. The van der Waals surface area contributed by atoms with Gasteiger partial charge in [-0.1, -0.05) is 44.2 Å². The van der Waals surface area contributed by atoms with Crippen LogP contribution < -0.4 is 19.5 Å². The van der Waals surface area contributed by atoms with E-state index in [1.807, 2.05) is 18.2 Å². The molecule has 6 heteroatoms. The molecule has 0 fully saturated rings. The highest BCUT2D eigenvalue weighted by molar-refractivity contribution is 5.79. The molecule has 0 aliphatic rings. The minimum atomic E-state index is -0.0329. The summed E-state index contributed by atoms with van der Waals surface area (Å²) in [5.74, 6) is 1.58. The first-order valence-corrected chi connectivity index (χ1v) is 10.4. The fourth-order valence-electron chi connectivity index (χ4n) is 3.67. The van der Waals surface area contributed by atoms with E-state index in [9.17, 15) is 4.79 Å². The molecule has 0 saturated carbocycles. The normalized spacial score (nSPS) is 11.8. The Labute approximate surface area is 180 Å². The third kappa shape index (κ3) is 6.39. The van der Waals surface area contributed by atoms with E-state index in [0.717, 1.165) is 25.1 Å². The van der Waals surface area contributed by atoms with Crippen LogP contribution in [0, 0.1) is 0 Å². The monoisotopic (exact) mass is 414 g/mol. The van der Waals surface area contributed by atoms with Crippen LogP contribution in [-0.4, -0.2) is 57.8 Å². The number of ether oxygens (including phenoxy) is 3. The van der Waals surface area contributed by atoms with Crippen LogP contribution in [0.2, 0.25) is 0 Å². The predicted octanol–water partition coefficient (Wildman–Crippen LogP) is 3.32. The van der Waals surface area contributed by atoms with Gasteiger partial charge in [-0.05, 0) is 42.8 Å². The number of carbonyl (C=O) groups excluding carboxylic acids is 1. The number of hydrogen-bond acceptors (Lipinski definition) is 5. The van der Waals surface area contributed by atoms with Crippen LogP contribution in [0.3, 0.4) is 0 Å². The second kappa shape index (κ2) is 12.1. The zero-order valence-corrected chi connectivity index (χ0v) is 18.7. The highest BCUT2D eigenvalue weighted by Gasteiger charge is 2.19. The van der Waals surface area contributed by atoms with E-state index in [1.54, 1.807) is 21.3 Å². The third-order valence-corrected chi connectivity index (χ3v) is 5.27. The summed E-state index contributed by atoms with van der Waals surface area (Å²) in [7, 11) is 4.70. The van der Waals surface area contributed by atoms with Crippen LogP contribution in [0.25, 0.3) is 0 Å². The van der Waals surface area contributed by atoms with Crippen LogP contribution in [0.15, 0.2) is 42.5 Å². The minimum absolute atomic E-state index is 0.0329. The fraction of sp³-hybridized carbons (Fsp3) is 0.458. The Bertz CT molecular complexity index is 766. The van der Waals surface area contributed by atoms with Gasteiger partial charge >= 0.3 is 0 Å². The van der Waals surface area contributed by atoms with Crippen LogP contribution in [0.5, 0.6) is 17.2 Å². The van der Waals surface area contributed by atoms with Crippen molar-refractivity contribution < 1.29 is 19.0 Å². The van der Waals surface area contributed by atoms with Gasteiger partial charge in [0, 0.05) is 12.6 Å². The summed E-state index contributed by atoms with van der Waals surface area (Å²) < 4.78 is 16.1. The van der Waals surface area contributed by atoms with E-state index in [2.05, 4.69) is 48.3 Å². The number of benzene rings is 2. The van der Waals surface area contributed by atoms with Gasteiger partial charge < -0.3 is 19.5 Å². The number of likely N-dealkylation sites (N-methyl/N-ethyl adjacent to an activating group) is 1. The Morgan fingerprint density at radius 2 is 1.53 bits per heavy atom. The molecule has 2 aromatic carbocycles. The first-order valence-electron chi connectivity index (χ1n) is 10.4. The standard InChI is InChI=1S/C24H34N2O4/c1-6-26(7-2)20(13-18-11-9-8-10-12-18)17-25-23(27)16-19-14-21(28-3)24(30-5)22(15-19)29-4/h8-12,14-15,20H,6-7,13,16-17H2,1-5H3,(H,25,27). The largest absolute Gasteiger partial charge is 0.493 e. The molecule has 1 atom stereocenters. The highest BCUT2D eigenvalue weighted by atomic mass is 16.5. The molecule has 1 unspecified atom stereocenters. The van der Waals surface area contributed by atoms with E-state index < -0.39 is 0 Å². The maximum atomic E-state index is 12.7. The lowest BCUT2D eigenvalue weighted by Crippen LogP contribution is -2.45. The quantitative estimate of drug-likeness (QED) is 0.577. The van der Waals surface area contributed by atoms with Crippen molar-refractivity contribution >= 4 is 5.91 Å². The molecular formula is C24H34N2O4. The zero-order chi connectivity index (χ0) is 21.9. The molecule has 2 rings (SSSR count). The molecule has 1 N–H and O–H groups in total. The molecule has 0 aliphatic carbocycles. The summed E-state index contributed by atoms with van der Waals surface area (Å²) in [6.07, 6.45) is 1.14. The van der Waals surface area contributed by atoms with E-state index in [1.165, 1.54) is 5.56 Å². The van der Waals surface area contributed by atoms with Crippen molar-refractivity contribution in [2.45, 2.75) is 32.7 Å². The van der Waals surface area contributed by atoms with E-state index in [0.29, 0.717) is 23.8 Å². The summed E-state index contributed by atoms with van der Waals surface area (Å²) in [5.41, 5.74) is 2.08. The summed E-state index contributed by atoms with van der Waals surface area (Å²) >= 11 is 0. The van der Waals surface area contributed by atoms with Crippen molar-refractivity contribution in [2.75, 3.05) is 41.0 Å². The van der Waals surface area contributed by atoms with Gasteiger partial charge in [0.05, 0.1) is 27.8 Å².